The number of hydrogen-bond donors (Lipinski definition) is 2. The molecule has 1 saturated carbocycles. The minimum absolute atomic E-state index is 0. The number of thiazole rings is 1. The first kappa shape index (κ1) is 21.4. The van der Waals surface area contributed by atoms with E-state index >= 15 is 0 Å². The molecule has 3 aromatic rings. The summed E-state index contributed by atoms with van der Waals surface area (Å²) in [6, 6.07) is 6.28. The van der Waals surface area contributed by atoms with E-state index in [4.69, 9.17) is 0 Å². The summed E-state index contributed by atoms with van der Waals surface area (Å²) in [5.74, 6) is 0.0150. The number of carbonyl (C=O) groups excluding carboxylic acids is 1. The second-order valence-electron chi connectivity index (χ2n) is 7.03. The van der Waals surface area contributed by atoms with Gasteiger partial charge in [-0.25, -0.2) is 9.37 Å². The average Bonchev–Trinajstić information content (AvgIpc) is 3.31. The molecule has 1 aliphatic rings. The molecule has 2 N–H and O–H groups in total. The van der Waals surface area contributed by atoms with Crippen molar-refractivity contribution in [2.24, 2.45) is 7.05 Å². The molecule has 0 spiro atoms. The van der Waals surface area contributed by atoms with Crippen molar-refractivity contribution in [2.45, 2.75) is 31.2 Å². The Morgan fingerprint density at radius 2 is 2.14 bits per heavy atom. The first-order valence-corrected chi connectivity index (χ1v) is 10.1. The maximum Gasteiger partial charge on any atom is 0.247 e. The van der Waals surface area contributed by atoms with Gasteiger partial charge in [0.2, 0.25) is 5.91 Å². The van der Waals surface area contributed by atoms with Gasteiger partial charge in [0.05, 0.1) is 11.9 Å². The molecule has 9 heteroatoms. The van der Waals surface area contributed by atoms with Gasteiger partial charge in [0.25, 0.3) is 0 Å². The maximum atomic E-state index is 14.1. The summed E-state index contributed by atoms with van der Waals surface area (Å²) in [7, 11) is 3.55. The number of rotatable bonds is 7. The molecule has 0 aliphatic heterocycles. The van der Waals surface area contributed by atoms with Gasteiger partial charge in [-0.1, -0.05) is 18.2 Å². The van der Waals surface area contributed by atoms with Crippen molar-refractivity contribution < 1.29 is 9.18 Å². The summed E-state index contributed by atoms with van der Waals surface area (Å²) in [5, 5.41) is 10.6. The number of anilines is 1. The fourth-order valence-corrected chi connectivity index (χ4v) is 4.32. The van der Waals surface area contributed by atoms with Gasteiger partial charge >= 0.3 is 0 Å². The van der Waals surface area contributed by atoms with Crippen molar-refractivity contribution in [2.75, 3.05) is 12.4 Å². The molecule has 2 heterocycles. The topological polar surface area (TPSA) is 71.8 Å². The highest BCUT2D eigenvalue weighted by Crippen LogP contribution is 2.44. The summed E-state index contributed by atoms with van der Waals surface area (Å²) in [4.78, 5) is 18.5. The molecule has 1 aliphatic carbocycles. The summed E-state index contributed by atoms with van der Waals surface area (Å²) in [5.41, 5.74) is 2.42. The van der Waals surface area contributed by atoms with Gasteiger partial charge in [0.15, 0.2) is 5.13 Å². The Hall–Kier alpha value is -2.29. The quantitative estimate of drug-likeness (QED) is 0.592. The SMILES string of the molecule is CNC(C(=O)Nc1nc(C2CC2)c(Cc2ccccc2F)s1)c1cnn(C)c1.Cl. The molecule has 0 radical (unpaired) electrons. The molecular weight excluding hydrogens is 413 g/mol. The number of aromatic nitrogens is 3. The van der Waals surface area contributed by atoms with E-state index < -0.39 is 6.04 Å². The van der Waals surface area contributed by atoms with Crippen molar-refractivity contribution in [1.29, 1.82) is 0 Å². The standard InChI is InChI=1S/C20H22FN5OS.ClH/c1-22-18(14-10-23-26(2)11-14)19(27)25-20-24-17(12-7-8-12)16(28-20)9-13-5-3-4-6-15(13)21;/h3-6,10-12,18,22H,7-9H2,1-2H3,(H,24,25,27);1H. The van der Waals surface area contributed by atoms with Crippen LogP contribution in [0.5, 0.6) is 0 Å². The fourth-order valence-electron chi connectivity index (χ4n) is 3.25. The van der Waals surface area contributed by atoms with E-state index in [1.165, 1.54) is 17.4 Å². The van der Waals surface area contributed by atoms with E-state index in [1.54, 1.807) is 30.1 Å². The highest BCUT2D eigenvalue weighted by Gasteiger charge is 2.31. The van der Waals surface area contributed by atoms with Crippen LogP contribution >= 0.6 is 23.7 Å². The van der Waals surface area contributed by atoms with E-state index in [-0.39, 0.29) is 24.1 Å². The summed E-state index contributed by atoms with van der Waals surface area (Å²) in [6.07, 6.45) is 6.15. The monoisotopic (exact) mass is 435 g/mol. The number of carbonyl (C=O) groups is 1. The molecule has 0 bridgehead atoms. The van der Waals surface area contributed by atoms with Gasteiger partial charge < -0.3 is 10.6 Å². The normalized spacial score (nSPS) is 14.3. The second kappa shape index (κ2) is 9.02. The highest BCUT2D eigenvalue weighted by molar-refractivity contribution is 7.15. The van der Waals surface area contributed by atoms with Crippen LogP contribution in [0, 0.1) is 5.82 Å². The van der Waals surface area contributed by atoms with Crippen LogP contribution in [0.25, 0.3) is 0 Å². The summed E-state index contributed by atoms with van der Waals surface area (Å²) < 4.78 is 15.7. The Bertz CT molecular complexity index is 1000. The number of benzene rings is 1. The molecule has 1 aromatic carbocycles. The summed E-state index contributed by atoms with van der Waals surface area (Å²) >= 11 is 1.43. The van der Waals surface area contributed by atoms with Gasteiger partial charge in [-0.05, 0) is 31.5 Å². The van der Waals surface area contributed by atoms with Gasteiger partial charge in [-0.15, -0.1) is 23.7 Å². The minimum atomic E-state index is -0.517. The van der Waals surface area contributed by atoms with Crippen LogP contribution in [-0.2, 0) is 18.3 Å². The van der Waals surface area contributed by atoms with Crippen LogP contribution in [0.2, 0.25) is 0 Å². The third-order valence-electron chi connectivity index (χ3n) is 4.84. The zero-order chi connectivity index (χ0) is 19.7. The molecule has 1 atom stereocenters. The van der Waals surface area contributed by atoms with Gasteiger partial charge in [-0.3, -0.25) is 9.48 Å². The smallest absolute Gasteiger partial charge is 0.247 e. The van der Waals surface area contributed by atoms with E-state index in [0.717, 1.165) is 29.0 Å². The van der Waals surface area contributed by atoms with E-state index in [2.05, 4.69) is 20.7 Å². The van der Waals surface area contributed by atoms with Crippen LogP contribution in [0.1, 0.15) is 46.5 Å². The van der Waals surface area contributed by atoms with E-state index in [0.29, 0.717) is 23.0 Å². The lowest BCUT2D eigenvalue weighted by atomic mass is 10.1. The van der Waals surface area contributed by atoms with E-state index in [9.17, 15) is 9.18 Å². The Balaban J connectivity index is 0.00000240. The second-order valence-corrected chi connectivity index (χ2v) is 8.11. The zero-order valence-corrected chi connectivity index (χ0v) is 17.8. The molecule has 6 nitrogen and oxygen atoms in total. The van der Waals surface area contributed by atoms with Crippen LogP contribution in [0.4, 0.5) is 9.52 Å². The third-order valence-corrected chi connectivity index (χ3v) is 5.83. The highest BCUT2D eigenvalue weighted by atomic mass is 35.5. The van der Waals surface area contributed by atoms with Gasteiger partial charge in [-0.2, -0.15) is 5.10 Å². The average molecular weight is 436 g/mol. The van der Waals surface area contributed by atoms with Crippen molar-refractivity contribution in [3.8, 4) is 0 Å². The number of nitrogens with one attached hydrogen (secondary N) is 2. The molecule has 1 fully saturated rings. The van der Waals surface area contributed by atoms with E-state index in [1.807, 2.05) is 19.3 Å². The lowest BCUT2D eigenvalue weighted by Gasteiger charge is -2.12. The lowest BCUT2D eigenvalue weighted by molar-refractivity contribution is -0.118. The lowest BCUT2D eigenvalue weighted by Crippen LogP contribution is -2.30. The van der Waals surface area contributed by atoms with Crippen molar-refractivity contribution in [3.63, 3.8) is 0 Å². The first-order valence-electron chi connectivity index (χ1n) is 9.25. The number of hydrogen-bond acceptors (Lipinski definition) is 5. The van der Waals surface area contributed by atoms with Gasteiger partial charge in [0.1, 0.15) is 11.9 Å². The Morgan fingerprint density at radius 3 is 2.76 bits per heavy atom. The number of nitrogens with zero attached hydrogens (tertiary/aromatic N) is 3. The van der Waals surface area contributed by atoms with Crippen molar-refractivity contribution in [3.05, 3.63) is 64.2 Å². The minimum Gasteiger partial charge on any atom is -0.305 e. The number of aryl methyl sites for hydroxylation is 1. The number of likely N-dealkylation sites (N-methyl/N-ethyl adjacent to an activating group) is 1. The molecule has 0 saturated heterocycles. The maximum absolute atomic E-state index is 14.1. The van der Waals surface area contributed by atoms with Gasteiger partial charge in [0, 0.05) is 36.0 Å². The largest absolute Gasteiger partial charge is 0.305 e. The molecule has 4 rings (SSSR count). The number of halogens is 2. The third kappa shape index (κ3) is 4.83. The molecule has 154 valence electrons. The molecule has 29 heavy (non-hydrogen) atoms. The molecule has 2 aromatic heterocycles. The predicted octanol–water partition coefficient (Wildman–Crippen LogP) is 3.80. The Labute approximate surface area is 179 Å². The predicted molar refractivity (Wildman–Crippen MR) is 114 cm³/mol. The van der Waals surface area contributed by atoms with Crippen molar-refractivity contribution in [1.82, 2.24) is 20.1 Å². The van der Waals surface area contributed by atoms with Crippen LogP contribution in [0.3, 0.4) is 0 Å². The number of amides is 1. The molecular formula is C20H23ClFN5OS. The van der Waals surface area contributed by atoms with Crippen LogP contribution in [-0.4, -0.2) is 27.7 Å². The fraction of sp³-hybridized carbons (Fsp3) is 0.350. The van der Waals surface area contributed by atoms with Crippen LogP contribution in [0.15, 0.2) is 36.7 Å². The van der Waals surface area contributed by atoms with Crippen LogP contribution < -0.4 is 10.6 Å². The molecule has 1 amide bonds. The first-order chi connectivity index (χ1) is 13.5. The zero-order valence-electron chi connectivity index (χ0n) is 16.2. The molecule has 1 unspecified atom stereocenters. The van der Waals surface area contributed by atoms with Crippen molar-refractivity contribution >= 4 is 34.8 Å². The Morgan fingerprint density at radius 1 is 1.38 bits per heavy atom. The Kier molecular flexibility index (Phi) is 6.66. The summed E-state index contributed by atoms with van der Waals surface area (Å²) in [6.45, 7) is 0.